The van der Waals surface area contributed by atoms with E-state index in [9.17, 15) is 5.11 Å². The van der Waals surface area contributed by atoms with E-state index >= 15 is 8.78 Å². The molecule has 39 heavy (non-hydrogen) atoms. The van der Waals surface area contributed by atoms with Gasteiger partial charge in [-0.1, -0.05) is 5.21 Å². The first-order valence-electron chi connectivity index (χ1n) is 14.3. The van der Waals surface area contributed by atoms with E-state index in [2.05, 4.69) is 20.3 Å². The molecule has 1 aliphatic rings. The van der Waals surface area contributed by atoms with Gasteiger partial charge in [0.25, 0.3) is 0 Å². The zero-order valence-corrected chi connectivity index (χ0v) is 21.8. The number of ether oxygens (including phenoxy) is 1. The molecule has 0 aliphatic carbocycles. The molecule has 0 radical (unpaired) electrons. The fourth-order valence-corrected chi connectivity index (χ4v) is 5.62. The van der Waals surface area contributed by atoms with Crippen molar-refractivity contribution in [1.29, 1.82) is 0 Å². The molecule has 4 aromatic heterocycles. The van der Waals surface area contributed by atoms with Gasteiger partial charge in [-0.2, -0.15) is 0 Å². The maximum atomic E-state index is 17.1. The monoisotopic (exact) mass is 535 g/mol. The molecule has 0 spiro atoms. The first-order chi connectivity index (χ1) is 19.9. The van der Waals surface area contributed by atoms with Crippen LogP contribution in [0.5, 0.6) is 0 Å². The molecule has 6 rings (SSSR count). The summed E-state index contributed by atoms with van der Waals surface area (Å²) in [6.07, 6.45) is 4.21. The number of fused-ring (bicyclic) bond motifs is 3. The fraction of sp³-hybridized carbons (Fsp3) is 0.379. The number of rotatable bonds is 5. The second-order valence-electron chi connectivity index (χ2n) is 10.5. The normalized spacial score (nSPS) is 17.3. The highest BCUT2D eigenvalue weighted by Crippen LogP contribution is 2.43. The van der Waals surface area contributed by atoms with Crippen LogP contribution in [0.15, 0.2) is 42.7 Å². The average Bonchev–Trinajstić information content (AvgIpc) is 3.49. The Kier molecular flexibility index (Phi) is 5.36. The Morgan fingerprint density at radius 2 is 1.97 bits per heavy atom. The number of hydrogen-bond donors (Lipinski definition) is 1. The van der Waals surface area contributed by atoms with Gasteiger partial charge in [0.2, 0.25) is 0 Å². The maximum absolute atomic E-state index is 17.1. The minimum atomic E-state index is -2.64. The molecule has 10 heteroatoms. The standard InChI is InChI=1S/C29H30F2N6O2/c1-16-26(36(4)35-34-16)19-7-8-20-24-22(14-18(15-33-24)29(2,3)38)37(28(20)23(19)31)27(17-9-12-39-13-10-17)25-21(30)6-5-11-32-25/h5-8,11,14-15,17,27,38H,9-10,12-13H2,1-4H3/i1D3. The molecule has 1 aromatic carbocycles. The summed E-state index contributed by atoms with van der Waals surface area (Å²) < 4.78 is 65.0. The molecule has 5 heterocycles. The molecule has 1 unspecified atom stereocenters. The quantitative estimate of drug-likeness (QED) is 0.332. The summed E-state index contributed by atoms with van der Waals surface area (Å²) in [6, 6.07) is 6.99. The van der Waals surface area contributed by atoms with Crippen molar-refractivity contribution in [2.75, 3.05) is 13.2 Å². The Balaban J connectivity index is 1.75. The van der Waals surface area contributed by atoms with Crippen LogP contribution in [-0.2, 0) is 17.4 Å². The van der Waals surface area contributed by atoms with Crippen molar-refractivity contribution in [3.63, 3.8) is 0 Å². The molecule has 1 fully saturated rings. The van der Waals surface area contributed by atoms with Gasteiger partial charge in [-0.15, -0.1) is 5.10 Å². The van der Waals surface area contributed by atoms with Gasteiger partial charge in [-0.05, 0) is 69.8 Å². The highest BCUT2D eigenvalue weighted by Gasteiger charge is 2.35. The van der Waals surface area contributed by atoms with Gasteiger partial charge >= 0.3 is 0 Å². The Morgan fingerprint density at radius 1 is 1.18 bits per heavy atom. The van der Waals surface area contributed by atoms with Crippen LogP contribution in [0.2, 0.25) is 0 Å². The minimum Gasteiger partial charge on any atom is -0.386 e. The van der Waals surface area contributed by atoms with Crippen LogP contribution in [0.4, 0.5) is 8.78 Å². The Hall–Kier alpha value is -3.76. The number of hydrogen-bond acceptors (Lipinski definition) is 6. The van der Waals surface area contributed by atoms with Crippen LogP contribution in [0.1, 0.15) is 53.8 Å². The van der Waals surface area contributed by atoms with Crippen LogP contribution in [0.25, 0.3) is 33.2 Å². The number of aryl methyl sites for hydroxylation is 2. The van der Waals surface area contributed by atoms with Gasteiger partial charge < -0.3 is 14.4 Å². The van der Waals surface area contributed by atoms with Crippen LogP contribution in [0.3, 0.4) is 0 Å². The van der Waals surface area contributed by atoms with Crippen molar-refractivity contribution in [2.24, 2.45) is 13.0 Å². The van der Waals surface area contributed by atoms with E-state index in [0.717, 1.165) is 0 Å². The second-order valence-corrected chi connectivity index (χ2v) is 10.5. The van der Waals surface area contributed by atoms with Crippen molar-refractivity contribution in [2.45, 2.75) is 45.2 Å². The topological polar surface area (TPSA) is 90.9 Å². The van der Waals surface area contributed by atoms with E-state index in [1.165, 1.54) is 36.1 Å². The molecule has 202 valence electrons. The van der Waals surface area contributed by atoms with Crippen LogP contribution in [0, 0.1) is 24.4 Å². The lowest BCUT2D eigenvalue weighted by atomic mass is 9.88. The predicted molar refractivity (Wildman–Crippen MR) is 143 cm³/mol. The van der Waals surface area contributed by atoms with Gasteiger partial charge in [0.15, 0.2) is 5.82 Å². The highest BCUT2D eigenvalue weighted by molar-refractivity contribution is 6.07. The van der Waals surface area contributed by atoms with Crippen LogP contribution in [-0.4, -0.2) is 47.8 Å². The largest absolute Gasteiger partial charge is 0.386 e. The number of aromatic nitrogens is 6. The lowest BCUT2D eigenvalue weighted by molar-refractivity contribution is 0.0542. The summed E-state index contributed by atoms with van der Waals surface area (Å²) in [6.45, 7) is 1.53. The van der Waals surface area contributed by atoms with Gasteiger partial charge in [0.05, 0.1) is 45.3 Å². The van der Waals surface area contributed by atoms with Gasteiger partial charge in [0, 0.05) is 53.3 Å². The Morgan fingerprint density at radius 3 is 2.69 bits per heavy atom. The first-order valence-corrected chi connectivity index (χ1v) is 12.8. The second kappa shape index (κ2) is 9.46. The third-order valence-electron chi connectivity index (χ3n) is 7.59. The molecule has 1 atom stereocenters. The molecule has 0 bridgehead atoms. The SMILES string of the molecule is [2H]C([2H])([2H])c1nnn(C)c1-c1ccc2c3ncc(C(C)(C)O)cc3n(C(c3ncccc3F)C3CCOCC3)c2c1F. The smallest absolute Gasteiger partial charge is 0.156 e. The lowest BCUT2D eigenvalue weighted by Gasteiger charge is -2.32. The lowest BCUT2D eigenvalue weighted by Crippen LogP contribution is -2.28. The van der Waals surface area contributed by atoms with Crippen molar-refractivity contribution >= 4 is 21.9 Å². The highest BCUT2D eigenvalue weighted by atomic mass is 19.1. The molecular weight excluding hydrogens is 502 g/mol. The van der Waals surface area contributed by atoms with Crippen molar-refractivity contribution in [3.8, 4) is 11.3 Å². The summed E-state index contributed by atoms with van der Waals surface area (Å²) in [5, 5.41) is 19.0. The van der Waals surface area contributed by atoms with E-state index in [0.29, 0.717) is 48.0 Å². The van der Waals surface area contributed by atoms with Crippen LogP contribution >= 0.6 is 0 Å². The van der Waals surface area contributed by atoms with E-state index in [-0.39, 0.29) is 34.1 Å². The molecule has 1 aliphatic heterocycles. The number of nitrogens with zero attached hydrogens (tertiary/aromatic N) is 6. The predicted octanol–water partition coefficient (Wildman–Crippen LogP) is 5.21. The number of pyridine rings is 2. The number of aliphatic hydroxyl groups is 1. The molecular formula is C29H30F2N6O2. The van der Waals surface area contributed by atoms with Gasteiger partial charge in [-0.3, -0.25) is 9.97 Å². The maximum Gasteiger partial charge on any atom is 0.156 e. The Labute approximate surface area is 228 Å². The summed E-state index contributed by atoms with van der Waals surface area (Å²) in [5.74, 6) is -1.43. The first kappa shape index (κ1) is 22.1. The average molecular weight is 536 g/mol. The molecule has 0 amide bonds. The molecule has 1 saturated heterocycles. The fourth-order valence-electron chi connectivity index (χ4n) is 5.62. The third-order valence-corrected chi connectivity index (χ3v) is 7.59. The molecule has 8 nitrogen and oxygen atoms in total. The summed E-state index contributed by atoms with van der Waals surface area (Å²) in [4.78, 5) is 9.07. The molecule has 5 aromatic rings. The van der Waals surface area contributed by atoms with E-state index in [4.69, 9.17) is 8.85 Å². The van der Waals surface area contributed by atoms with Crippen LogP contribution < -0.4 is 0 Å². The van der Waals surface area contributed by atoms with Gasteiger partial charge in [0.1, 0.15) is 5.82 Å². The van der Waals surface area contributed by atoms with Crippen molar-refractivity contribution in [1.82, 2.24) is 29.5 Å². The molecule has 1 N–H and O–H groups in total. The summed E-state index contributed by atoms with van der Waals surface area (Å²) in [7, 11) is 1.50. The Bertz CT molecular complexity index is 1810. The van der Waals surface area contributed by atoms with E-state index < -0.39 is 30.1 Å². The van der Waals surface area contributed by atoms with E-state index in [1.807, 2.05) is 0 Å². The zero-order chi connectivity index (χ0) is 30.0. The molecule has 0 saturated carbocycles. The third kappa shape index (κ3) is 4.18. The number of halogens is 2. The number of benzene rings is 1. The van der Waals surface area contributed by atoms with Crippen molar-refractivity contribution in [3.05, 3.63) is 71.3 Å². The van der Waals surface area contributed by atoms with Gasteiger partial charge in [-0.25, -0.2) is 13.5 Å². The zero-order valence-electron chi connectivity index (χ0n) is 24.8. The van der Waals surface area contributed by atoms with Crippen molar-refractivity contribution < 1.29 is 22.7 Å². The van der Waals surface area contributed by atoms with E-state index in [1.54, 1.807) is 36.7 Å². The summed E-state index contributed by atoms with van der Waals surface area (Å²) >= 11 is 0. The minimum absolute atomic E-state index is 0.0138. The summed E-state index contributed by atoms with van der Waals surface area (Å²) in [5.41, 5.74) is 0.109.